The zero-order chi connectivity index (χ0) is 7.40. The van der Waals surface area contributed by atoms with Crippen molar-refractivity contribution in [3.8, 4) is 11.8 Å². The first kappa shape index (κ1) is 6.49. The minimum absolute atomic E-state index is 0.262. The van der Waals surface area contributed by atoms with E-state index in [2.05, 4.69) is 9.97 Å². The summed E-state index contributed by atoms with van der Waals surface area (Å²) in [6.07, 6.45) is 2.76. The van der Waals surface area contributed by atoms with E-state index in [0.29, 0.717) is 5.75 Å². The Morgan fingerprint density at radius 2 is 2.50 bits per heavy atom. The Balaban J connectivity index is 3.12. The van der Waals surface area contributed by atoms with E-state index in [1.165, 1.54) is 19.6 Å². The molecule has 0 bridgehead atoms. The number of nitriles is 1. The average molecular weight is 135 g/mol. The summed E-state index contributed by atoms with van der Waals surface area (Å²) >= 11 is 0. The van der Waals surface area contributed by atoms with E-state index in [-0.39, 0.29) is 5.69 Å². The molecule has 1 rings (SSSR count). The fourth-order valence-electron chi connectivity index (χ4n) is 0.550. The maximum absolute atomic E-state index is 8.43. The summed E-state index contributed by atoms with van der Waals surface area (Å²) in [7, 11) is 1.47. The molecular formula is C6H5N3O. The maximum Gasteiger partial charge on any atom is 0.185 e. The van der Waals surface area contributed by atoms with Crippen LogP contribution in [0.3, 0.4) is 0 Å². The standard InChI is InChI=1S/C6H5N3O/c1-10-6-3-8-4-9-5(6)2-7/h3-4H,1H3. The largest absolute Gasteiger partial charge is 0.492 e. The fourth-order valence-corrected chi connectivity index (χ4v) is 0.550. The molecule has 0 amide bonds. The van der Waals surface area contributed by atoms with Gasteiger partial charge in [0.15, 0.2) is 11.4 Å². The Morgan fingerprint density at radius 1 is 1.70 bits per heavy atom. The first-order chi connectivity index (χ1) is 4.88. The Morgan fingerprint density at radius 3 is 3.00 bits per heavy atom. The van der Waals surface area contributed by atoms with Crippen molar-refractivity contribution in [3.63, 3.8) is 0 Å². The monoisotopic (exact) mass is 135 g/mol. The summed E-state index contributed by atoms with van der Waals surface area (Å²) in [5.74, 6) is 0.407. The summed E-state index contributed by atoms with van der Waals surface area (Å²) in [5.41, 5.74) is 0.262. The maximum atomic E-state index is 8.43. The SMILES string of the molecule is COc1cncnc1C#N. The van der Waals surface area contributed by atoms with Gasteiger partial charge in [0.05, 0.1) is 13.3 Å². The Bertz CT molecular complexity index is 266. The van der Waals surface area contributed by atoms with E-state index in [4.69, 9.17) is 10.00 Å². The van der Waals surface area contributed by atoms with E-state index in [1.54, 1.807) is 0 Å². The normalized spacial score (nSPS) is 8.40. The van der Waals surface area contributed by atoms with Gasteiger partial charge in [-0.2, -0.15) is 5.26 Å². The quantitative estimate of drug-likeness (QED) is 0.557. The van der Waals surface area contributed by atoms with E-state index < -0.39 is 0 Å². The highest BCUT2D eigenvalue weighted by atomic mass is 16.5. The predicted octanol–water partition coefficient (Wildman–Crippen LogP) is 0.357. The molecule has 0 aliphatic carbocycles. The van der Waals surface area contributed by atoms with E-state index in [0.717, 1.165) is 0 Å². The van der Waals surface area contributed by atoms with Crippen LogP contribution in [0.1, 0.15) is 5.69 Å². The van der Waals surface area contributed by atoms with Crippen LogP contribution in [0.15, 0.2) is 12.5 Å². The first-order valence-corrected chi connectivity index (χ1v) is 2.62. The van der Waals surface area contributed by atoms with Gasteiger partial charge >= 0.3 is 0 Å². The third-order valence-electron chi connectivity index (χ3n) is 1.00. The van der Waals surface area contributed by atoms with Gasteiger partial charge in [0, 0.05) is 0 Å². The summed E-state index contributed by atoms with van der Waals surface area (Å²) in [5, 5.41) is 8.43. The lowest BCUT2D eigenvalue weighted by atomic mass is 10.4. The molecule has 0 saturated heterocycles. The molecule has 0 aliphatic heterocycles. The fraction of sp³-hybridized carbons (Fsp3) is 0.167. The molecule has 50 valence electrons. The van der Waals surface area contributed by atoms with Gasteiger partial charge in [0.1, 0.15) is 12.4 Å². The van der Waals surface area contributed by atoms with Crippen LogP contribution in [-0.2, 0) is 0 Å². The second-order valence-electron chi connectivity index (χ2n) is 1.55. The zero-order valence-electron chi connectivity index (χ0n) is 5.40. The Kier molecular flexibility index (Phi) is 1.80. The van der Waals surface area contributed by atoms with Gasteiger partial charge in [-0.1, -0.05) is 0 Å². The first-order valence-electron chi connectivity index (χ1n) is 2.62. The highest BCUT2D eigenvalue weighted by molar-refractivity contribution is 5.33. The number of hydrogen-bond donors (Lipinski definition) is 0. The highest BCUT2D eigenvalue weighted by Gasteiger charge is 1.99. The lowest BCUT2D eigenvalue weighted by molar-refractivity contribution is 0.409. The molecule has 4 nitrogen and oxygen atoms in total. The molecule has 0 atom stereocenters. The van der Waals surface area contributed by atoms with Crippen molar-refractivity contribution in [1.29, 1.82) is 5.26 Å². The van der Waals surface area contributed by atoms with Crippen LogP contribution in [0.5, 0.6) is 5.75 Å². The molecule has 1 aromatic heterocycles. The number of aromatic nitrogens is 2. The molecular weight excluding hydrogens is 130 g/mol. The van der Waals surface area contributed by atoms with Crippen molar-refractivity contribution in [2.75, 3.05) is 7.11 Å². The van der Waals surface area contributed by atoms with Gasteiger partial charge in [-0.15, -0.1) is 0 Å². The Labute approximate surface area is 58.1 Å². The molecule has 1 aromatic rings. The van der Waals surface area contributed by atoms with Crippen molar-refractivity contribution in [3.05, 3.63) is 18.2 Å². The van der Waals surface area contributed by atoms with Crippen molar-refractivity contribution < 1.29 is 4.74 Å². The number of rotatable bonds is 1. The minimum atomic E-state index is 0.262. The van der Waals surface area contributed by atoms with E-state index in [9.17, 15) is 0 Å². The van der Waals surface area contributed by atoms with Crippen LogP contribution < -0.4 is 4.74 Å². The lowest BCUT2D eigenvalue weighted by Gasteiger charge is -1.96. The summed E-state index contributed by atoms with van der Waals surface area (Å²) in [6.45, 7) is 0. The third kappa shape index (κ3) is 1.03. The molecule has 0 spiro atoms. The van der Waals surface area contributed by atoms with Crippen LogP contribution in [0.4, 0.5) is 0 Å². The smallest absolute Gasteiger partial charge is 0.185 e. The molecule has 0 unspecified atom stereocenters. The number of nitrogens with zero attached hydrogens (tertiary/aromatic N) is 3. The van der Waals surface area contributed by atoms with E-state index in [1.807, 2.05) is 6.07 Å². The van der Waals surface area contributed by atoms with Crippen LogP contribution in [0.25, 0.3) is 0 Å². The van der Waals surface area contributed by atoms with Crippen molar-refractivity contribution in [1.82, 2.24) is 9.97 Å². The minimum Gasteiger partial charge on any atom is -0.492 e. The molecule has 1 heterocycles. The van der Waals surface area contributed by atoms with Crippen LogP contribution in [-0.4, -0.2) is 17.1 Å². The third-order valence-corrected chi connectivity index (χ3v) is 1.00. The zero-order valence-corrected chi connectivity index (χ0v) is 5.40. The molecule has 10 heavy (non-hydrogen) atoms. The van der Waals surface area contributed by atoms with Crippen LogP contribution >= 0.6 is 0 Å². The second-order valence-corrected chi connectivity index (χ2v) is 1.55. The molecule has 4 heteroatoms. The lowest BCUT2D eigenvalue weighted by Crippen LogP contribution is -1.91. The molecule has 0 radical (unpaired) electrons. The molecule has 0 saturated carbocycles. The summed E-state index contributed by atoms with van der Waals surface area (Å²) in [4.78, 5) is 7.35. The van der Waals surface area contributed by atoms with Gasteiger partial charge < -0.3 is 4.74 Å². The van der Waals surface area contributed by atoms with E-state index >= 15 is 0 Å². The van der Waals surface area contributed by atoms with Crippen LogP contribution in [0, 0.1) is 11.3 Å². The van der Waals surface area contributed by atoms with Gasteiger partial charge in [-0.05, 0) is 0 Å². The summed E-state index contributed by atoms with van der Waals surface area (Å²) < 4.78 is 4.79. The van der Waals surface area contributed by atoms with Gasteiger partial charge in [0.2, 0.25) is 0 Å². The molecule has 0 N–H and O–H groups in total. The number of ether oxygens (including phenoxy) is 1. The van der Waals surface area contributed by atoms with Crippen molar-refractivity contribution in [2.45, 2.75) is 0 Å². The number of methoxy groups -OCH3 is 1. The average Bonchev–Trinajstić information content (AvgIpc) is 2.04. The molecule has 0 fully saturated rings. The van der Waals surface area contributed by atoms with Crippen molar-refractivity contribution >= 4 is 0 Å². The van der Waals surface area contributed by atoms with Crippen LogP contribution in [0.2, 0.25) is 0 Å². The van der Waals surface area contributed by atoms with Gasteiger partial charge in [-0.3, -0.25) is 0 Å². The molecule has 0 aliphatic rings. The van der Waals surface area contributed by atoms with Gasteiger partial charge in [0.25, 0.3) is 0 Å². The topological polar surface area (TPSA) is 58.8 Å². The number of hydrogen-bond acceptors (Lipinski definition) is 4. The van der Waals surface area contributed by atoms with Crippen molar-refractivity contribution in [2.24, 2.45) is 0 Å². The highest BCUT2D eigenvalue weighted by Crippen LogP contribution is 2.09. The molecule has 0 aromatic carbocycles. The Hall–Kier alpha value is -1.63. The van der Waals surface area contributed by atoms with Gasteiger partial charge in [-0.25, -0.2) is 9.97 Å². The second kappa shape index (κ2) is 2.78. The summed E-state index contributed by atoms with van der Waals surface area (Å²) in [6, 6.07) is 1.87. The predicted molar refractivity (Wildman–Crippen MR) is 33.3 cm³/mol.